The molecule has 0 radical (unpaired) electrons. The zero-order valence-corrected chi connectivity index (χ0v) is 8.83. The average Bonchev–Trinajstić information content (AvgIpc) is 2.25. The van der Waals surface area contributed by atoms with E-state index >= 15 is 0 Å². The van der Waals surface area contributed by atoms with Gasteiger partial charge in [-0.05, 0) is 6.92 Å². The fraction of sp³-hybridized carbons (Fsp3) is 0.375. The molecule has 0 aromatic heterocycles. The molecule has 0 aromatic carbocycles. The first-order valence-electron chi connectivity index (χ1n) is 3.76. The van der Waals surface area contributed by atoms with E-state index < -0.39 is 22.7 Å². The Morgan fingerprint density at radius 1 is 1.50 bits per heavy atom. The lowest BCUT2D eigenvalue weighted by Crippen LogP contribution is -2.14. The van der Waals surface area contributed by atoms with E-state index in [4.69, 9.17) is 5.11 Å². The lowest BCUT2D eigenvalue weighted by atomic mass is 10.1. The van der Waals surface area contributed by atoms with Crippen molar-refractivity contribution in [1.82, 2.24) is 0 Å². The smallest absolute Gasteiger partial charge is 0.343 e. The van der Waals surface area contributed by atoms with Crippen molar-refractivity contribution in [2.24, 2.45) is 0 Å². The Bertz CT molecular complexity index is 344. The number of ether oxygens (including phenoxy) is 1. The van der Waals surface area contributed by atoms with Crippen LogP contribution in [0.15, 0.2) is 11.1 Å². The maximum Gasteiger partial charge on any atom is 0.343 e. The standard InChI is InChI=1S/C8H7BrO5/c1-3-6(4(9)2-5(10)11)8(13)14-7(3)12/h4H,2H2,1H3,(H,10,11). The molecule has 1 N–H and O–H groups in total. The SMILES string of the molecule is CC1=C(C(Br)CC(=O)O)C(=O)OC1=O. The first kappa shape index (κ1) is 10.9. The highest BCUT2D eigenvalue weighted by atomic mass is 79.9. The summed E-state index contributed by atoms with van der Waals surface area (Å²) in [5.74, 6) is -2.53. The molecule has 0 spiro atoms. The molecule has 6 heteroatoms. The summed E-state index contributed by atoms with van der Waals surface area (Å²) < 4.78 is 4.31. The van der Waals surface area contributed by atoms with Crippen molar-refractivity contribution in [3.8, 4) is 0 Å². The molecule has 0 saturated carbocycles. The minimum atomic E-state index is -1.06. The molecular weight excluding hydrogens is 256 g/mol. The summed E-state index contributed by atoms with van der Waals surface area (Å²) in [6.07, 6.45) is -0.269. The molecule has 1 aliphatic rings. The van der Waals surface area contributed by atoms with Crippen molar-refractivity contribution >= 4 is 33.8 Å². The Morgan fingerprint density at radius 3 is 2.43 bits per heavy atom. The van der Waals surface area contributed by atoms with Gasteiger partial charge in [0, 0.05) is 5.57 Å². The van der Waals surface area contributed by atoms with Gasteiger partial charge in [-0.15, -0.1) is 0 Å². The molecule has 14 heavy (non-hydrogen) atoms. The summed E-state index contributed by atoms with van der Waals surface area (Å²) in [7, 11) is 0. The van der Waals surface area contributed by atoms with Gasteiger partial charge >= 0.3 is 17.9 Å². The number of carbonyl (C=O) groups excluding carboxylic acids is 2. The summed E-state index contributed by atoms with van der Waals surface area (Å²) >= 11 is 3.02. The highest BCUT2D eigenvalue weighted by molar-refractivity contribution is 9.09. The van der Waals surface area contributed by atoms with Crippen LogP contribution in [0.2, 0.25) is 0 Å². The fourth-order valence-corrected chi connectivity index (χ4v) is 1.90. The van der Waals surface area contributed by atoms with Gasteiger partial charge in [0.2, 0.25) is 0 Å². The Hall–Kier alpha value is -1.17. The second-order valence-electron chi connectivity index (χ2n) is 2.78. The van der Waals surface area contributed by atoms with Crippen molar-refractivity contribution < 1.29 is 24.2 Å². The number of hydrogen-bond donors (Lipinski definition) is 1. The van der Waals surface area contributed by atoms with E-state index in [0.717, 1.165) is 0 Å². The Morgan fingerprint density at radius 2 is 2.07 bits per heavy atom. The van der Waals surface area contributed by atoms with Gasteiger partial charge in [-0.2, -0.15) is 0 Å². The number of alkyl halides is 1. The van der Waals surface area contributed by atoms with Crippen molar-refractivity contribution in [1.29, 1.82) is 0 Å². The second kappa shape index (κ2) is 3.91. The normalized spacial score (nSPS) is 18.4. The van der Waals surface area contributed by atoms with E-state index in [9.17, 15) is 14.4 Å². The average molecular weight is 263 g/mol. The summed E-state index contributed by atoms with van der Waals surface area (Å²) in [4.78, 5) is 31.7. The van der Waals surface area contributed by atoms with Gasteiger partial charge in [0.1, 0.15) is 0 Å². The number of cyclic esters (lactones) is 2. The molecule has 0 aliphatic carbocycles. The minimum absolute atomic E-state index is 0.0948. The molecule has 1 heterocycles. The third kappa shape index (κ3) is 2.01. The number of carbonyl (C=O) groups is 3. The third-order valence-corrected chi connectivity index (χ3v) is 2.56. The van der Waals surface area contributed by atoms with Gasteiger partial charge in [0.25, 0.3) is 0 Å². The molecule has 0 fully saturated rings. The summed E-state index contributed by atoms with van der Waals surface area (Å²) in [6, 6.07) is 0. The highest BCUT2D eigenvalue weighted by Crippen LogP contribution is 2.26. The lowest BCUT2D eigenvalue weighted by Gasteiger charge is -2.04. The number of esters is 2. The quantitative estimate of drug-likeness (QED) is 0.458. The predicted molar refractivity (Wildman–Crippen MR) is 48.8 cm³/mol. The van der Waals surface area contributed by atoms with Gasteiger partial charge < -0.3 is 9.84 Å². The van der Waals surface area contributed by atoms with E-state index in [0.29, 0.717) is 0 Å². The van der Waals surface area contributed by atoms with E-state index in [1.165, 1.54) is 6.92 Å². The fourth-order valence-electron chi connectivity index (χ4n) is 1.10. The van der Waals surface area contributed by atoms with Gasteiger partial charge in [0.15, 0.2) is 0 Å². The van der Waals surface area contributed by atoms with Crippen LogP contribution in [0.4, 0.5) is 0 Å². The van der Waals surface area contributed by atoms with Gasteiger partial charge in [-0.1, -0.05) is 15.9 Å². The van der Waals surface area contributed by atoms with Crippen LogP contribution in [-0.2, 0) is 19.1 Å². The van der Waals surface area contributed by atoms with Crippen LogP contribution in [0.25, 0.3) is 0 Å². The number of rotatable bonds is 3. The van der Waals surface area contributed by atoms with Crippen molar-refractivity contribution in [2.75, 3.05) is 0 Å². The Kier molecular flexibility index (Phi) is 3.05. The van der Waals surface area contributed by atoms with E-state index in [1.807, 2.05) is 0 Å². The van der Waals surface area contributed by atoms with Crippen molar-refractivity contribution in [3.05, 3.63) is 11.1 Å². The zero-order chi connectivity index (χ0) is 10.9. The van der Waals surface area contributed by atoms with Crippen LogP contribution in [0.1, 0.15) is 13.3 Å². The van der Waals surface area contributed by atoms with Crippen LogP contribution < -0.4 is 0 Å². The van der Waals surface area contributed by atoms with Gasteiger partial charge in [-0.3, -0.25) is 4.79 Å². The topological polar surface area (TPSA) is 80.7 Å². The first-order chi connectivity index (χ1) is 6.43. The van der Waals surface area contributed by atoms with Gasteiger partial charge in [0.05, 0.1) is 16.8 Å². The second-order valence-corrected chi connectivity index (χ2v) is 3.89. The van der Waals surface area contributed by atoms with Crippen LogP contribution >= 0.6 is 15.9 Å². The third-order valence-electron chi connectivity index (χ3n) is 1.78. The summed E-state index contributed by atoms with van der Waals surface area (Å²) in [5.41, 5.74) is 0.260. The molecule has 1 aliphatic heterocycles. The zero-order valence-electron chi connectivity index (χ0n) is 7.24. The summed E-state index contributed by atoms with van der Waals surface area (Å²) in [5, 5.41) is 8.49. The molecule has 0 amide bonds. The number of carboxylic acids is 1. The van der Waals surface area contributed by atoms with Crippen molar-refractivity contribution in [3.63, 3.8) is 0 Å². The molecule has 0 bridgehead atoms. The van der Waals surface area contributed by atoms with Crippen LogP contribution in [0.3, 0.4) is 0 Å². The van der Waals surface area contributed by atoms with E-state index in [1.54, 1.807) is 0 Å². The van der Waals surface area contributed by atoms with Gasteiger partial charge in [-0.25, -0.2) is 9.59 Å². The maximum absolute atomic E-state index is 11.1. The molecule has 0 aromatic rings. The predicted octanol–water partition coefficient (Wildman–Crippen LogP) is 0.625. The highest BCUT2D eigenvalue weighted by Gasteiger charge is 2.34. The molecule has 5 nitrogen and oxygen atoms in total. The van der Waals surface area contributed by atoms with Crippen molar-refractivity contribution in [2.45, 2.75) is 18.2 Å². The monoisotopic (exact) mass is 262 g/mol. The molecule has 0 saturated heterocycles. The van der Waals surface area contributed by atoms with Crippen LogP contribution in [0, 0.1) is 0 Å². The molecule has 1 rings (SSSR count). The minimum Gasteiger partial charge on any atom is -0.481 e. The number of aliphatic carboxylic acids is 1. The molecule has 1 unspecified atom stereocenters. The molecule has 76 valence electrons. The lowest BCUT2D eigenvalue weighted by molar-refractivity contribution is -0.151. The number of halogens is 1. The largest absolute Gasteiger partial charge is 0.481 e. The molecule has 1 atom stereocenters. The Labute approximate surface area is 87.9 Å². The first-order valence-corrected chi connectivity index (χ1v) is 4.68. The number of hydrogen-bond acceptors (Lipinski definition) is 4. The van der Waals surface area contributed by atoms with Crippen LogP contribution in [-0.4, -0.2) is 27.8 Å². The number of carboxylic acid groups (broad SMARTS) is 1. The van der Waals surface area contributed by atoms with E-state index in [2.05, 4.69) is 20.7 Å². The Balaban J connectivity index is 2.91. The molecular formula is C8H7BrO5. The maximum atomic E-state index is 11.1. The summed E-state index contributed by atoms with van der Waals surface area (Å²) in [6.45, 7) is 1.43. The van der Waals surface area contributed by atoms with E-state index in [-0.39, 0.29) is 17.6 Å². The van der Waals surface area contributed by atoms with Crippen LogP contribution in [0.5, 0.6) is 0 Å².